The third-order valence-electron chi connectivity index (χ3n) is 4.77. The molecule has 11 heteroatoms. The number of nitrogens with one attached hydrogen (secondary N) is 2. The summed E-state index contributed by atoms with van der Waals surface area (Å²) in [5.74, 6) is 1.12. The molecule has 0 spiro atoms. The first-order valence-corrected chi connectivity index (χ1v) is 10.5. The lowest BCUT2D eigenvalue weighted by Crippen LogP contribution is -2.13. The number of anilines is 1. The number of nitrogens with zero attached hydrogens (tertiary/aromatic N) is 3. The van der Waals surface area contributed by atoms with Gasteiger partial charge in [-0.3, -0.25) is 14.6 Å². The highest BCUT2D eigenvalue weighted by atomic mass is 35.5. The van der Waals surface area contributed by atoms with Crippen molar-refractivity contribution >= 4 is 46.5 Å². The normalized spacial score (nSPS) is 12.2. The maximum atomic E-state index is 12.7. The Labute approximate surface area is 197 Å². The van der Waals surface area contributed by atoms with E-state index in [0.717, 1.165) is 11.1 Å². The fourth-order valence-electron chi connectivity index (χ4n) is 3.20. The quantitative estimate of drug-likeness (QED) is 0.398. The van der Waals surface area contributed by atoms with Gasteiger partial charge in [-0.25, -0.2) is 0 Å². The Kier molecular flexibility index (Phi) is 5.42. The summed E-state index contributed by atoms with van der Waals surface area (Å²) in [6, 6.07) is 12.4. The molecule has 1 aliphatic heterocycles. The van der Waals surface area contributed by atoms with Crippen molar-refractivity contribution in [2.24, 2.45) is 0 Å². The monoisotopic (exact) mass is 489 g/mol. The second-order valence-electron chi connectivity index (χ2n) is 6.96. The summed E-state index contributed by atoms with van der Waals surface area (Å²) in [5.41, 5.74) is 2.52. The minimum Gasteiger partial charge on any atom is -0.454 e. The second-order valence-corrected chi connectivity index (χ2v) is 8.18. The van der Waals surface area contributed by atoms with Crippen LogP contribution in [0.5, 0.6) is 11.5 Å². The molecule has 4 aromatic rings. The smallest absolute Gasteiger partial charge is 0.274 e. The van der Waals surface area contributed by atoms with Gasteiger partial charge in [0.15, 0.2) is 17.3 Å². The van der Waals surface area contributed by atoms with E-state index in [1.54, 1.807) is 35.1 Å². The van der Waals surface area contributed by atoms with Crippen LogP contribution in [0.25, 0.3) is 11.3 Å². The number of amides is 1. The Bertz CT molecular complexity index is 1330. The molecule has 5 rings (SSSR count). The van der Waals surface area contributed by atoms with Gasteiger partial charge in [0.1, 0.15) is 10.7 Å². The number of hydrogen-bond donors (Lipinski definition) is 2. The van der Waals surface area contributed by atoms with E-state index in [1.165, 1.54) is 0 Å². The van der Waals surface area contributed by atoms with Crippen LogP contribution in [0.15, 0.2) is 48.7 Å². The van der Waals surface area contributed by atoms with Gasteiger partial charge in [-0.15, -0.1) is 0 Å². The molecular formula is C21H14Cl3N5O3. The SMILES string of the molecule is O=C(Nc1nn(Cc2ccc(Cl)c(Cl)c2)cc1Cl)c1cc(-c2ccc3c(c2)OCO3)n[nH]1. The summed E-state index contributed by atoms with van der Waals surface area (Å²) in [6.45, 7) is 0.594. The molecule has 162 valence electrons. The number of ether oxygens (including phenoxy) is 2. The van der Waals surface area contributed by atoms with Gasteiger partial charge in [0.25, 0.3) is 5.91 Å². The molecule has 0 saturated heterocycles. The molecule has 3 heterocycles. The molecule has 0 aliphatic carbocycles. The van der Waals surface area contributed by atoms with Gasteiger partial charge in [-0.1, -0.05) is 40.9 Å². The van der Waals surface area contributed by atoms with Gasteiger partial charge in [0.2, 0.25) is 6.79 Å². The number of benzene rings is 2. The summed E-state index contributed by atoms with van der Waals surface area (Å²) in [4.78, 5) is 12.7. The highest BCUT2D eigenvalue weighted by molar-refractivity contribution is 6.42. The van der Waals surface area contributed by atoms with Crippen molar-refractivity contribution in [1.29, 1.82) is 0 Å². The Balaban J connectivity index is 1.30. The fraction of sp³-hybridized carbons (Fsp3) is 0.0952. The molecule has 0 bridgehead atoms. The largest absolute Gasteiger partial charge is 0.454 e. The highest BCUT2D eigenvalue weighted by Gasteiger charge is 2.18. The van der Waals surface area contributed by atoms with Gasteiger partial charge in [0, 0.05) is 11.8 Å². The number of hydrogen-bond acceptors (Lipinski definition) is 5. The Morgan fingerprint density at radius 1 is 1.03 bits per heavy atom. The van der Waals surface area contributed by atoms with E-state index in [9.17, 15) is 4.79 Å². The average Bonchev–Trinajstić information content (AvgIpc) is 3.50. The molecule has 0 saturated carbocycles. The van der Waals surface area contributed by atoms with E-state index in [-0.39, 0.29) is 18.3 Å². The molecule has 32 heavy (non-hydrogen) atoms. The Hall–Kier alpha value is -3.20. The van der Waals surface area contributed by atoms with Crippen molar-refractivity contribution in [3.05, 3.63) is 75.0 Å². The fourth-order valence-corrected chi connectivity index (χ4v) is 3.72. The van der Waals surface area contributed by atoms with Crippen LogP contribution in [0.1, 0.15) is 16.1 Å². The van der Waals surface area contributed by atoms with Crippen LogP contribution < -0.4 is 14.8 Å². The lowest BCUT2D eigenvalue weighted by atomic mass is 10.1. The van der Waals surface area contributed by atoms with Crippen molar-refractivity contribution in [3.63, 3.8) is 0 Å². The number of H-pyrrole nitrogens is 1. The van der Waals surface area contributed by atoms with E-state index < -0.39 is 5.91 Å². The van der Waals surface area contributed by atoms with Gasteiger partial charge in [-0.05, 0) is 42.0 Å². The minimum atomic E-state index is -0.425. The van der Waals surface area contributed by atoms with Gasteiger partial charge >= 0.3 is 0 Å². The highest BCUT2D eigenvalue weighted by Crippen LogP contribution is 2.35. The van der Waals surface area contributed by atoms with Crippen LogP contribution in [0.2, 0.25) is 15.1 Å². The zero-order valence-electron chi connectivity index (χ0n) is 16.2. The van der Waals surface area contributed by atoms with E-state index in [4.69, 9.17) is 44.3 Å². The van der Waals surface area contributed by atoms with E-state index >= 15 is 0 Å². The summed E-state index contributed by atoms with van der Waals surface area (Å²) in [6.07, 6.45) is 1.62. The van der Waals surface area contributed by atoms with Crippen molar-refractivity contribution < 1.29 is 14.3 Å². The van der Waals surface area contributed by atoms with Crippen LogP contribution >= 0.6 is 34.8 Å². The zero-order chi connectivity index (χ0) is 22.2. The molecular weight excluding hydrogens is 477 g/mol. The lowest BCUT2D eigenvalue weighted by Gasteiger charge is -2.04. The average molecular weight is 491 g/mol. The standard InChI is InChI=1S/C21H14Cl3N5O3/c22-13-3-1-11(5-14(13)23)8-29-9-15(24)20(28-29)25-21(30)17-7-16(26-27-17)12-2-4-18-19(6-12)32-10-31-18/h1-7,9H,8,10H2,(H,26,27)(H,25,28,30). The topological polar surface area (TPSA) is 94.1 Å². The van der Waals surface area contributed by atoms with Crippen LogP contribution in [-0.4, -0.2) is 32.7 Å². The van der Waals surface area contributed by atoms with Crippen LogP contribution in [-0.2, 0) is 6.54 Å². The molecule has 0 radical (unpaired) electrons. The van der Waals surface area contributed by atoms with E-state index in [2.05, 4.69) is 20.6 Å². The minimum absolute atomic E-state index is 0.186. The predicted octanol–water partition coefficient (Wildman–Crippen LogP) is 5.26. The third-order valence-corrected chi connectivity index (χ3v) is 5.78. The summed E-state index contributed by atoms with van der Waals surface area (Å²) in [5, 5.41) is 15.2. The van der Waals surface area contributed by atoms with Crippen molar-refractivity contribution in [3.8, 4) is 22.8 Å². The van der Waals surface area contributed by atoms with Crippen LogP contribution in [0.4, 0.5) is 5.82 Å². The first kappa shape index (κ1) is 20.7. The molecule has 8 nitrogen and oxygen atoms in total. The number of carbonyl (C=O) groups excluding carboxylic acids is 1. The second kappa shape index (κ2) is 8.38. The number of carbonyl (C=O) groups is 1. The first-order valence-electron chi connectivity index (χ1n) is 9.40. The van der Waals surface area contributed by atoms with Crippen molar-refractivity contribution in [1.82, 2.24) is 20.0 Å². The van der Waals surface area contributed by atoms with E-state index in [1.807, 2.05) is 18.2 Å². The van der Waals surface area contributed by atoms with Gasteiger partial charge in [0.05, 0.1) is 22.3 Å². The molecule has 0 fully saturated rings. The molecule has 2 N–H and O–H groups in total. The lowest BCUT2D eigenvalue weighted by molar-refractivity contribution is 0.102. The zero-order valence-corrected chi connectivity index (χ0v) is 18.5. The Morgan fingerprint density at radius 2 is 1.88 bits per heavy atom. The van der Waals surface area contributed by atoms with Crippen molar-refractivity contribution in [2.75, 3.05) is 12.1 Å². The van der Waals surface area contributed by atoms with Crippen LogP contribution in [0.3, 0.4) is 0 Å². The molecule has 1 aliphatic rings. The van der Waals surface area contributed by atoms with E-state index in [0.29, 0.717) is 38.8 Å². The third kappa shape index (κ3) is 4.12. The molecule has 2 aromatic carbocycles. The number of aromatic amines is 1. The number of fused-ring (bicyclic) bond motifs is 1. The van der Waals surface area contributed by atoms with Crippen molar-refractivity contribution in [2.45, 2.75) is 6.54 Å². The molecule has 0 unspecified atom stereocenters. The number of aromatic nitrogens is 4. The summed E-state index contributed by atoms with van der Waals surface area (Å²) >= 11 is 18.3. The van der Waals surface area contributed by atoms with Gasteiger partial charge < -0.3 is 14.8 Å². The molecule has 0 atom stereocenters. The van der Waals surface area contributed by atoms with Gasteiger partial charge in [-0.2, -0.15) is 10.2 Å². The van der Waals surface area contributed by atoms with Crippen LogP contribution in [0, 0.1) is 0 Å². The number of rotatable bonds is 5. The molecule has 2 aromatic heterocycles. The maximum absolute atomic E-state index is 12.7. The predicted molar refractivity (Wildman–Crippen MR) is 121 cm³/mol. The number of halogens is 3. The first-order chi connectivity index (χ1) is 15.5. The summed E-state index contributed by atoms with van der Waals surface area (Å²) < 4.78 is 12.3. The Morgan fingerprint density at radius 3 is 2.72 bits per heavy atom. The summed E-state index contributed by atoms with van der Waals surface area (Å²) in [7, 11) is 0. The molecule has 1 amide bonds. The maximum Gasteiger partial charge on any atom is 0.274 e.